The van der Waals surface area contributed by atoms with Gasteiger partial charge in [-0.1, -0.05) is 32.9 Å². The molecule has 0 aromatic heterocycles. The van der Waals surface area contributed by atoms with E-state index >= 15 is 0 Å². The predicted octanol–water partition coefficient (Wildman–Crippen LogP) is 4.08. The first-order valence-electron chi connectivity index (χ1n) is 10.2. The summed E-state index contributed by atoms with van der Waals surface area (Å²) in [6, 6.07) is 7.56. The molecule has 1 aliphatic rings. The molecule has 2 rings (SSSR count). The number of benzene rings is 1. The van der Waals surface area contributed by atoms with Crippen molar-refractivity contribution in [1.29, 1.82) is 0 Å². The molecule has 3 unspecified atom stereocenters. The zero-order valence-corrected chi connectivity index (χ0v) is 21.1. The highest BCUT2D eigenvalue weighted by atomic mass is 32.2. The van der Waals surface area contributed by atoms with E-state index < -0.39 is 36.9 Å². The highest BCUT2D eigenvalue weighted by molar-refractivity contribution is 7.86. The Morgan fingerprint density at radius 3 is 2.27 bits per heavy atom. The molecule has 0 aliphatic carbocycles. The fourth-order valence-electron chi connectivity index (χ4n) is 3.02. The first-order valence-corrected chi connectivity index (χ1v) is 14.9. The van der Waals surface area contributed by atoms with E-state index in [0.29, 0.717) is 6.61 Å². The zero-order valence-electron chi connectivity index (χ0n) is 19.3. The molecule has 9 heteroatoms. The smallest absolute Gasteiger partial charge is 0.264 e. The highest BCUT2D eigenvalue weighted by Gasteiger charge is 2.46. The lowest BCUT2D eigenvalue weighted by atomic mass is 10.0. The van der Waals surface area contributed by atoms with E-state index in [1.807, 2.05) is 31.2 Å². The molecular weight excluding hydrogens is 424 g/mol. The monoisotopic (exact) mass is 460 g/mol. The summed E-state index contributed by atoms with van der Waals surface area (Å²) in [6.45, 7) is 12.9. The normalized spacial score (nSPS) is 25.9. The van der Waals surface area contributed by atoms with Crippen LogP contribution in [0.15, 0.2) is 24.3 Å². The lowest BCUT2D eigenvalue weighted by molar-refractivity contribution is -0.242. The zero-order chi connectivity index (χ0) is 22.7. The van der Waals surface area contributed by atoms with Crippen LogP contribution in [0.1, 0.15) is 39.7 Å². The lowest BCUT2D eigenvalue weighted by Crippen LogP contribution is -2.56. The van der Waals surface area contributed by atoms with Crippen LogP contribution in [0, 0.1) is 0 Å². The maximum absolute atomic E-state index is 11.9. The van der Waals surface area contributed by atoms with Crippen molar-refractivity contribution in [2.75, 3.05) is 13.4 Å². The Morgan fingerprint density at radius 1 is 1.17 bits per heavy atom. The van der Waals surface area contributed by atoms with Crippen molar-refractivity contribution in [3.05, 3.63) is 29.8 Å². The summed E-state index contributed by atoms with van der Waals surface area (Å²) in [6.07, 6.45) is -0.787. The van der Waals surface area contributed by atoms with Crippen LogP contribution in [0.2, 0.25) is 18.1 Å². The Bertz CT molecular complexity index is 787. The summed E-state index contributed by atoms with van der Waals surface area (Å²) >= 11 is 0. The lowest BCUT2D eigenvalue weighted by Gasteiger charge is -2.46. The standard InChI is InChI=1S/C21H36O7SSi/c1-15-20(28-30(7,8)21(2,3)4)18(27-29(6,22)23)13-19(26-15)25-14-16-9-11-17(24-5)12-10-16/h9-12,15,18-20H,13-14H2,1-8H3/t15-,18?,19?,20?/m1/s1. The molecule has 1 aromatic rings. The average molecular weight is 461 g/mol. The molecule has 1 fully saturated rings. The number of hydrogen-bond donors (Lipinski definition) is 0. The van der Waals surface area contributed by atoms with E-state index in [1.54, 1.807) is 7.11 Å². The van der Waals surface area contributed by atoms with Crippen molar-refractivity contribution >= 4 is 18.4 Å². The Kier molecular flexibility index (Phi) is 8.15. The molecule has 172 valence electrons. The van der Waals surface area contributed by atoms with Gasteiger partial charge in [0.25, 0.3) is 10.1 Å². The summed E-state index contributed by atoms with van der Waals surface area (Å²) in [5.74, 6) is 0.772. The molecule has 1 saturated heterocycles. The predicted molar refractivity (Wildman–Crippen MR) is 119 cm³/mol. The van der Waals surface area contributed by atoms with E-state index in [1.165, 1.54) is 0 Å². The van der Waals surface area contributed by atoms with Gasteiger partial charge in [-0.05, 0) is 42.8 Å². The van der Waals surface area contributed by atoms with Gasteiger partial charge in [0.1, 0.15) is 11.9 Å². The second kappa shape index (κ2) is 9.66. The van der Waals surface area contributed by atoms with Crippen LogP contribution in [0.25, 0.3) is 0 Å². The van der Waals surface area contributed by atoms with Gasteiger partial charge in [0.2, 0.25) is 0 Å². The summed E-state index contributed by atoms with van der Waals surface area (Å²) in [5.41, 5.74) is 0.965. The molecule has 1 aliphatic heterocycles. The molecule has 0 bridgehead atoms. The minimum Gasteiger partial charge on any atom is -0.497 e. The van der Waals surface area contributed by atoms with Crippen LogP contribution in [0.5, 0.6) is 5.75 Å². The van der Waals surface area contributed by atoms with Gasteiger partial charge in [-0.25, -0.2) is 0 Å². The topological polar surface area (TPSA) is 80.3 Å². The third kappa shape index (κ3) is 7.03. The summed E-state index contributed by atoms with van der Waals surface area (Å²) in [4.78, 5) is 0. The van der Waals surface area contributed by atoms with Crippen LogP contribution in [-0.2, 0) is 34.8 Å². The highest BCUT2D eigenvalue weighted by Crippen LogP contribution is 2.40. The first-order chi connectivity index (χ1) is 13.7. The largest absolute Gasteiger partial charge is 0.497 e. The van der Waals surface area contributed by atoms with Crippen molar-refractivity contribution < 1.29 is 31.2 Å². The Hall–Kier alpha value is -0.973. The molecule has 1 heterocycles. The minimum atomic E-state index is -3.66. The molecule has 0 amide bonds. The van der Waals surface area contributed by atoms with Crippen LogP contribution >= 0.6 is 0 Å². The van der Waals surface area contributed by atoms with Gasteiger partial charge in [-0.15, -0.1) is 0 Å². The summed E-state index contributed by atoms with van der Waals surface area (Å²) in [5, 5.41) is -0.0237. The minimum absolute atomic E-state index is 0.0237. The second-order valence-electron chi connectivity index (χ2n) is 9.35. The van der Waals surface area contributed by atoms with Gasteiger partial charge >= 0.3 is 0 Å². The first kappa shape index (κ1) is 25.3. The Morgan fingerprint density at radius 2 is 1.77 bits per heavy atom. The van der Waals surface area contributed by atoms with Gasteiger partial charge in [-0.2, -0.15) is 8.42 Å². The van der Waals surface area contributed by atoms with Gasteiger partial charge in [-0.3, -0.25) is 4.18 Å². The van der Waals surface area contributed by atoms with Crippen molar-refractivity contribution in [2.45, 2.75) is 83.5 Å². The molecule has 4 atom stereocenters. The van der Waals surface area contributed by atoms with E-state index in [4.69, 9.17) is 22.8 Å². The van der Waals surface area contributed by atoms with E-state index in [0.717, 1.165) is 17.6 Å². The third-order valence-electron chi connectivity index (χ3n) is 5.75. The number of ether oxygens (including phenoxy) is 3. The maximum Gasteiger partial charge on any atom is 0.264 e. The molecule has 1 aromatic carbocycles. The quantitative estimate of drug-likeness (QED) is 0.427. The SMILES string of the molecule is COc1ccc(COC2CC(OS(C)(=O)=O)C(O[Si](C)(C)C(C)(C)C)[C@@H](C)O2)cc1. The van der Waals surface area contributed by atoms with E-state index in [2.05, 4.69) is 33.9 Å². The molecule has 0 radical (unpaired) electrons. The van der Waals surface area contributed by atoms with Crippen LogP contribution in [0.3, 0.4) is 0 Å². The Balaban J connectivity index is 2.11. The van der Waals surface area contributed by atoms with E-state index in [9.17, 15) is 8.42 Å². The molecule has 0 N–H and O–H groups in total. The molecule has 0 spiro atoms. The van der Waals surface area contributed by atoms with E-state index in [-0.39, 0.29) is 17.6 Å². The average Bonchev–Trinajstić information content (AvgIpc) is 2.61. The van der Waals surface area contributed by atoms with Crippen molar-refractivity contribution in [3.63, 3.8) is 0 Å². The van der Waals surface area contributed by atoms with Crippen LogP contribution in [0.4, 0.5) is 0 Å². The van der Waals surface area contributed by atoms with Gasteiger partial charge in [0.05, 0.1) is 32.2 Å². The van der Waals surface area contributed by atoms with Gasteiger partial charge in [0.15, 0.2) is 14.6 Å². The van der Waals surface area contributed by atoms with Crippen molar-refractivity contribution in [3.8, 4) is 5.75 Å². The molecule has 0 saturated carbocycles. The van der Waals surface area contributed by atoms with Crippen LogP contribution < -0.4 is 4.74 Å². The Labute approximate surface area is 182 Å². The van der Waals surface area contributed by atoms with Crippen molar-refractivity contribution in [1.82, 2.24) is 0 Å². The second-order valence-corrected chi connectivity index (χ2v) is 15.7. The summed E-state index contributed by atoms with van der Waals surface area (Å²) in [7, 11) is -4.20. The molecule has 30 heavy (non-hydrogen) atoms. The number of rotatable bonds is 8. The fourth-order valence-corrected chi connectivity index (χ4v) is 5.04. The molecule has 7 nitrogen and oxygen atoms in total. The number of hydrogen-bond acceptors (Lipinski definition) is 7. The van der Waals surface area contributed by atoms with Gasteiger partial charge in [0, 0.05) is 6.42 Å². The third-order valence-corrected chi connectivity index (χ3v) is 10.8. The van der Waals surface area contributed by atoms with Gasteiger partial charge < -0.3 is 18.6 Å². The van der Waals surface area contributed by atoms with Crippen LogP contribution in [-0.4, -0.2) is 54.7 Å². The maximum atomic E-state index is 11.9. The van der Waals surface area contributed by atoms with Crippen molar-refractivity contribution in [2.24, 2.45) is 0 Å². The summed E-state index contributed by atoms with van der Waals surface area (Å²) < 4.78 is 52.9. The number of methoxy groups -OCH3 is 1. The fraction of sp³-hybridized carbons (Fsp3) is 0.714. The molecular formula is C21H36O7SSi.